The molecule has 2 fully saturated rings. The van der Waals surface area contributed by atoms with E-state index >= 15 is 0 Å². The summed E-state index contributed by atoms with van der Waals surface area (Å²) in [4.78, 5) is 12.1. The number of anilines is 1. The van der Waals surface area contributed by atoms with Crippen molar-refractivity contribution in [3.63, 3.8) is 0 Å². The maximum absolute atomic E-state index is 12.1. The summed E-state index contributed by atoms with van der Waals surface area (Å²) in [6.45, 7) is 2.85. The average molecular weight is 290 g/mol. The van der Waals surface area contributed by atoms with E-state index in [4.69, 9.17) is 9.47 Å². The Labute approximate surface area is 125 Å². The molecular weight excluding hydrogens is 268 g/mol. The van der Waals surface area contributed by atoms with E-state index < -0.39 is 0 Å². The summed E-state index contributed by atoms with van der Waals surface area (Å²) in [6, 6.07) is 7.71. The van der Waals surface area contributed by atoms with Crippen LogP contribution in [0.5, 0.6) is 5.75 Å². The Hall–Kier alpha value is -1.59. The smallest absolute Gasteiger partial charge is 0.226 e. The van der Waals surface area contributed by atoms with Gasteiger partial charge in [0.05, 0.1) is 25.5 Å². The van der Waals surface area contributed by atoms with Gasteiger partial charge in [0, 0.05) is 19.0 Å². The van der Waals surface area contributed by atoms with E-state index in [1.807, 2.05) is 24.3 Å². The monoisotopic (exact) mass is 290 g/mol. The first-order valence-electron chi connectivity index (χ1n) is 7.64. The van der Waals surface area contributed by atoms with E-state index in [0.29, 0.717) is 18.9 Å². The van der Waals surface area contributed by atoms with Gasteiger partial charge in [-0.15, -0.1) is 0 Å². The number of benzene rings is 1. The van der Waals surface area contributed by atoms with Gasteiger partial charge in [-0.1, -0.05) is 12.1 Å². The van der Waals surface area contributed by atoms with Crippen LogP contribution in [0.3, 0.4) is 0 Å². The molecule has 3 rings (SSSR count). The molecule has 0 spiro atoms. The van der Waals surface area contributed by atoms with Gasteiger partial charge < -0.3 is 20.1 Å². The van der Waals surface area contributed by atoms with Gasteiger partial charge in [0.15, 0.2) is 0 Å². The molecule has 1 aromatic rings. The molecule has 21 heavy (non-hydrogen) atoms. The fraction of sp³-hybridized carbons (Fsp3) is 0.562. The normalized spacial score (nSPS) is 21.8. The highest BCUT2D eigenvalue weighted by molar-refractivity contribution is 5.92. The van der Waals surface area contributed by atoms with E-state index in [-0.39, 0.29) is 11.9 Å². The Morgan fingerprint density at radius 1 is 1.38 bits per heavy atom. The van der Waals surface area contributed by atoms with Crippen LogP contribution in [0.2, 0.25) is 0 Å². The molecule has 1 saturated carbocycles. The molecule has 5 nitrogen and oxygen atoms in total. The Morgan fingerprint density at radius 3 is 3.00 bits per heavy atom. The predicted molar refractivity (Wildman–Crippen MR) is 80.5 cm³/mol. The third-order valence-corrected chi connectivity index (χ3v) is 3.76. The number of morpholine rings is 1. The first-order chi connectivity index (χ1) is 10.3. The molecule has 114 valence electrons. The van der Waals surface area contributed by atoms with E-state index in [2.05, 4.69) is 10.6 Å². The standard InChI is InChI=1S/C16H22N2O3/c19-16(9-13-11-20-8-7-17-13)18-14-3-1-2-4-15(14)21-10-12-5-6-12/h1-4,12-13,17H,5-11H2,(H,18,19). The number of hydrogen-bond acceptors (Lipinski definition) is 4. The number of para-hydroxylation sites is 2. The molecule has 1 saturated heterocycles. The SMILES string of the molecule is O=C(CC1COCCN1)Nc1ccccc1OCC1CC1. The van der Waals surface area contributed by atoms with Crippen molar-refractivity contribution in [3.8, 4) is 5.75 Å². The maximum atomic E-state index is 12.1. The Bertz CT molecular complexity index is 482. The Balaban J connectivity index is 1.53. The average Bonchev–Trinajstić information content (AvgIpc) is 3.31. The summed E-state index contributed by atoms with van der Waals surface area (Å²) in [5, 5.41) is 6.22. The number of rotatable bonds is 6. The third-order valence-electron chi connectivity index (χ3n) is 3.76. The zero-order chi connectivity index (χ0) is 14.5. The number of ether oxygens (including phenoxy) is 2. The van der Waals surface area contributed by atoms with Gasteiger partial charge in [0.1, 0.15) is 5.75 Å². The van der Waals surface area contributed by atoms with E-state index in [9.17, 15) is 4.79 Å². The maximum Gasteiger partial charge on any atom is 0.226 e. The molecule has 1 aromatic carbocycles. The first kappa shape index (κ1) is 14.4. The lowest BCUT2D eigenvalue weighted by atomic mass is 10.2. The molecular formula is C16H22N2O3. The van der Waals surface area contributed by atoms with Crippen molar-refractivity contribution in [3.05, 3.63) is 24.3 Å². The van der Waals surface area contributed by atoms with Gasteiger partial charge in [-0.2, -0.15) is 0 Å². The van der Waals surface area contributed by atoms with Crippen molar-refractivity contribution >= 4 is 11.6 Å². The molecule has 2 aliphatic rings. The van der Waals surface area contributed by atoms with Gasteiger partial charge in [0.25, 0.3) is 0 Å². The second-order valence-electron chi connectivity index (χ2n) is 5.73. The zero-order valence-electron chi connectivity index (χ0n) is 12.1. The molecule has 5 heteroatoms. The van der Waals surface area contributed by atoms with Crippen molar-refractivity contribution < 1.29 is 14.3 Å². The van der Waals surface area contributed by atoms with Gasteiger partial charge in [-0.05, 0) is 30.9 Å². The van der Waals surface area contributed by atoms with E-state index in [1.165, 1.54) is 12.8 Å². The van der Waals surface area contributed by atoms with Crippen LogP contribution in [0, 0.1) is 5.92 Å². The van der Waals surface area contributed by atoms with Crippen LogP contribution < -0.4 is 15.4 Å². The summed E-state index contributed by atoms with van der Waals surface area (Å²) in [5.74, 6) is 1.43. The second kappa shape index (κ2) is 6.91. The third kappa shape index (κ3) is 4.44. The van der Waals surface area contributed by atoms with Crippen LogP contribution in [0.15, 0.2) is 24.3 Å². The predicted octanol–water partition coefficient (Wildman–Crippen LogP) is 1.79. The number of carbonyl (C=O) groups is 1. The lowest BCUT2D eigenvalue weighted by molar-refractivity contribution is -0.117. The lowest BCUT2D eigenvalue weighted by Crippen LogP contribution is -2.43. The van der Waals surface area contributed by atoms with Crippen LogP contribution in [0.1, 0.15) is 19.3 Å². The molecule has 1 amide bonds. The molecule has 1 aliphatic heterocycles. The minimum Gasteiger partial charge on any atom is -0.491 e. The molecule has 0 bridgehead atoms. The lowest BCUT2D eigenvalue weighted by Gasteiger charge is -2.23. The first-order valence-corrected chi connectivity index (χ1v) is 7.64. The van der Waals surface area contributed by atoms with Gasteiger partial charge in [-0.3, -0.25) is 4.79 Å². The van der Waals surface area contributed by atoms with Crippen molar-refractivity contribution in [2.24, 2.45) is 5.92 Å². The van der Waals surface area contributed by atoms with Crippen LogP contribution in [0.25, 0.3) is 0 Å². The summed E-state index contributed by atoms with van der Waals surface area (Å²) in [6.07, 6.45) is 2.92. The highest BCUT2D eigenvalue weighted by Crippen LogP contribution is 2.31. The summed E-state index contributed by atoms with van der Waals surface area (Å²) in [5.41, 5.74) is 0.750. The summed E-state index contributed by atoms with van der Waals surface area (Å²) in [7, 11) is 0. The molecule has 1 atom stereocenters. The number of carbonyl (C=O) groups excluding carboxylic acids is 1. The Kier molecular flexibility index (Phi) is 4.72. The number of hydrogen-bond donors (Lipinski definition) is 2. The van der Waals surface area contributed by atoms with Crippen LogP contribution in [-0.2, 0) is 9.53 Å². The molecule has 1 aliphatic carbocycles. The van der Waals surface area contributed by atoms with Crippen molar-refractivity contribution in [1.29, 1.82) is 0 Å². The van der Waals surface area contributed by atoms with E-state index in [0.717, 1.165) is 31.2 Å². The van der Waals surface area contributed by atoms with Crippen LogP contribution in [-0.4, -0.2) is 38.3 Å². The molecule has 1 unspecified atom stereocenters. The highest BCUT2D eigenvalue weighted by Gasteiger charge is 2.22. The van der Waals surface area contributed by atoms with Crippen molar-refractivity contribution in [2.45, 2.75) is 25.3 Å². The second-order valence-corrected chi connectivity index (χ2v) is 5.73. The summed E-state index contributed by atoms with van der Waals surface area (Å²) >= 11 is 0. The fourth-order valence-electron chi connectivity index (χ4n) is 2.36. The van der Waals surface area contributed by atoms with Crippen LogP contribution >= 0.6 is 0 Å². The minimum atomic E-state index is -0.0135. The van der Waals surface area contributed by atoms with Gasteiger partial charge >= 0.3 is 0 Å². The topological polar surface area (TPSA) is 59.6 Å². The highest BCUT2D eigenvalue weighted by atomic mass is 16.5. The molecule has 1 heterocycles. The molecule has 2 N–H and O–H groups in total. The van der Waals surface area contributed by atoms with E-state index in [1.54, 1.807) is 0 Å². The molecule has 0 radical (unpaired) electrons. The number of nitrogens with one attached hydrogen (secondary N) is 2. The van der Waals surface area contributed by atoms with Crippen molar-refractivity contribution in [1.82, 2.24) is 5.32 Å². The van der Waals surface area contributed by atoms with Gasteiger partial charge in [0.2, 0.25) is 5.91 Å². The quantitative estimate of drug-likeness (QED) is 0.838. The zero-order valence-corrected chi connectivity index (χ0v) is 12.1. The molecule has 0 aromatic heterocycles. The number of amides is 1. The van der Waals surface area contributed by atoms with Gasteiger partial charge in [-0.25, -0.2) is 0 Å². The van der Waals surface area contributed by atoms with Crippen LogP contribution in [0.4, 0.5) is 5.69 Å². The van der Waals surface area contributed by atoms with Crippen molar-refractivity contribution in [2.75, 3.05) is 31.7 Å². The largest absolute Gasteiger partial charge is 0.491 e. The minimum absolute atomic E-state index is 0.0135. The fourth-order valence-corrected chi connectivity index (χ4v) is 2.36. The summed E-state index contributed by atoms with van der Waals surface area (Å²) < 4.78 is 11.2. The Morgan fingerprint density at radius 2 is 2.24 bits per heavy atom.